The van der Waals surface area contributed by atoms with Crippen LogP contribution in [-0.4, -0.2) is 8.42 Å². The molecule has 0 saturated heterocycles. The van der Waals surface area contributed by atoms with Gasteiger partial charge in [0, 0.05) is 15.2 Å². The Morgan fingerprint density at radius 1 is 1.33 bits per heavy atom. The van der Waals surface area contributed by atoms with Crippen LogP contribution in [0.1, 0.15) is 5.56 Å². The third-order valence-corrected chi connectivity index (χ3v) is 5.21. The van der Waals surface area contributed by atoms with Crippen molar-refractivity contribution >= 4 is 48.9 Å². The summed E-state index contributed by atoms with van der Waals surface area (Å²) >= 11 is 8.94. The van der Waals surface area contributed by atoms with E-state index >= 15 is 0 Å². The molecule has 0 aliphatic rings. The Kier molecular flexibility index (Phi) is 4.46. The standard InChI is InChI=1S/C13H11BrClFN2O2S/c1-7-11(17)5-8(15)6-12(7)21(19,20)18-13-9(14)3-2-4-10(13)16/h2-6,18H,17H2,1H3. The number of hydrogen-bond acceptors (Lipinski definition) is 3. The topological polar surface area (TPSA) is 72.2 Å². The first-order valence-electron chi connectivity index (χ1n) is 5.75. The van der Waals surface area contributed by atoms with Crippen molar-refractivity contribution in [3.63, 3.8) is 0 Å². The Hall–Kier alpha value is -1.31. The summed E-state index contributed by atoms with van der Waals surface area (Å²) in [5.41, 5.74) is 6.13. The predicted molar refractivity (Wildman–Crippen MR) is 85.5 cm³/mol. The zero-order chi connectivity index (χ0) is 15.8. The smallest absolute Gasteiger partial charge is 0.262 e. The Morgan fingerprint density at radius 3 is 2.62 bits per heavy atom. The van der Waals surface area contributed by atoms with E-state index in [2.05, 4.69) is 20.7 Å². The summed E-state index contributed by atoms with van der Waals surface area (Å²) in [4.78, 5) is -0.0948. The average Bonchev–Trinajstić information content (AvgIpc) is 2.38. The minimum atomic E-state index is -4.02. The second-order valence-corrected chi connectivity index (χ2v) is 7.26. The Bertz CT molecular complexity index is 792. The molecule has 21 heavy (non-hydrogen) atoms. The number of nitrogens with two attached hydrogens (primary N) is 1. The van der Waals surface area contributed by atoms with Gasteiger partial charge in [0.05, 0.1) is 10.6 Å². The molecule has 2 rings (SSSR count). The van der Waals surface area contributed by atoms with Crippen molar-refractivity contribution in [3.05, 3.63) is 51.2 Å². The molecule has 0 aliphatic heterocycles. The summed E-state index contributed by atoms with van der Waals surface area (Å²) in [6.45, 7) is 1.55. The van der Waals surface area contributed by atoms with E-state index < -0.39 is 15.8 Å². The number of benzene rings is 2. The number of sulfonamides is 1. The van der Waals surface area contributed by atoms with E-state index in [0.29, 0.717) is 10.0 Å². The lowest BCUT2D eigenvalue weighted by molar-refractivity contribution is 0.598. The van der Waals surface area contributed by atoms with Crippen LogP contribution in [0.25, 0.3) is 0 Å². The molecule has 3 N–H and O–H groups in total. The molecule has 0 amide bonds. The highest BCUT2D eigenvalue weighted by molar-refractivity contribution is 9.10. The molecule has 2 aromatic carbocycles. The van der Waals surface area contributed by atoms with Crippen molar-refractivity contribution in [2.24, 2.45) is 0 Å². The van der Waals surface area contributed by atoms with Gasteiger partial charge >= 0.3 is 0 Å². The van der Waals surface area contributed by atoms with Gasteiger partial charge in [-0.2, -0.15) is 0 Å². The third-order valence-electron chi connectivity index (χ3n) is 2.85. The van der Waals surface area contributed by atoms with Gasteiger partial charge < -0.3 is 5.73 Å². The Balaban J connectivity index is 2.54. The van der Waals surface area contributed by atoms with Crippen LogP contribution in [0.5, 0.6) is 0 Å². The fourth-order valence-corrected chi connectivity index (χ4v) is 3.99. The zero-order valence-corrected chi connectivity index (χ0v) is 14.0. The summed E-state index contributed by atoms with van der Waals surface area (Å²) in [6, 6.07) is 6.86. The zero-order valence-electron chi connectivity index (χ0n) is 10.8. The van der Waals surface area contributed by atoms with Crippen molar-refractivity contribution < 1.29 is 12.8 Å². The molecule has 0 saturated carbocycles. The fourth-order valence-electron chi connectivity index (χ4n) is 1.74. The number of para-hydroxylation sites is 1. The molecular weight excluding hydrogens is 383 g/mol. The molecule has 0 radical (unpaired) electrons. The van der Waals surface area contributed by atoms with Crippen LogP contribution in [0.2, 0.25) is 5.02 Å². The van der Waals surface area contributed by atoms with Crippen LogP contribution in [0, 0.1) is 12.7 Å². The molecule has 0 aliphatic carbocycles. The maximum Gasteiger partial charge on any atom is 0.262 e. The minimum absolute atomic E-state index is 0.0948. The van der Waals surface area contributed by atoms with Crippen LogP contribution < -0.4 is 10.5 Å². The largest absolute Gasteiger partial charge is 0.398 e. The lowest BCUT2D eigenvalue weighted by Gasteiger charge is -2.14. The van der Waals surface area contributed by atoms with E-state index in [4.69, 9.17) is 17.3 Å². The van der Waals surface area contributed by atoms with Gasteiger partial charge in [0.1, 0.15) is 5.82 Å². The average molecular weight is 394 g/mol. The lowest BCUT2D eigenvalue weighted by Crippen LogP contribution is -2.16. The monoisotopic (exact) mass is 392 g/mol. The van der Waals surface area contributed by atoms with Gasteiger partial charge in [0.25, 0.3) is 10.0 Å². The highest BCUT2D eigenvalue weighted by Crippen LogP contribution is 2.31. The van der Waals surface area contributed by atoms with Gasteiger partial charge in [-0.3, -0.25) is 4.72 Å². The molecule has 0 unspecified atom stereocenters. The molecule has 0 heterocycles. The van der Waals surface area contributed by atoms with Gasteiger partial charge in [-0.05, 0) is 52.7 Å². The first-order chi connectivity index (χ1) is 9.72. The molecule has 0 aromatic heterocycles. The minimum Gasteiger partial charge on any atom is -0.398 e. The molecule has 2 aromatic rings. The predicted octanol–water partition coefficient (Wildman–Crippen LogP) is 3.93. The van der Waals surface area contributed by atoms with Gasteiger partial charge in [-0.15, -0.1) is 0 Å². The summed E-state index contributed by atoms with van der Waals surface area (Å²) in [7, 11) is -4.02. The van der Waals surface area contributed by atoms with Gasteiger partial charge in [0.15, 0.2) is 0 Å². The molecule has 8 heteroatoms. The first-order valence-corrected chi connectivity index (χ1v) is 8.40. The Labute approximate surface area is 135 Å². The van der Waals surface area contributed by atoms with Gasteiger partial charge in [-0.1, -0.05) is 17.7 Å². The first kappa shape index (κ1) is 16.1. The summed E-state index contributed by atoms with van der Waals surface area (Å²) < 4.78 is 41.1. The van der Waals surface area contributed by atoms with Crippen LogP contribution in [0.4, 0.5) is 15.8 Å². The highest BCUT2D eigenvalue weighted by atomic mass is 79.9. The van der Waals surface area contributed by atoms with E-state index in [1.54, 1.807) is 6.92 Å². The molecule has 4 nitrogen and oxygen atoms in total. The van der Waals surface area contributed by atoms with Gasteiger partial charge in [-0.25, -0.2) is 12.8 Å². The van der Waals surface area contributed by atoms with Crippen molar-refractivity contribution in [3.8, 4) is 0 Å². The second-order valence-electron chi connectivity index (χ2n) is 4.32. The van der Waals surface area contributed by atoms with Crippen LogP contribution in [0.3, 0.4) is 0 Å². The number of nitrogen functional groups attached to an aromatic ring is 1. The van der Waals surface area contributed by atoms with E-state index in [-0.39, 0.29) is 21.3 Å². The van der Waals surface area contributed by atoms with Crippen molar-refractivity contribution in [2.75, 3.05) is 10.5 Å². The number of nitrogens with one attached hydrogen (secondary N) is 1. The van der Waals surface area contributed by atoms with E-state index in [0.717, 1.165) is 6.07 Å². The van der Waals surface area contributed by atoms with E-state index in [1.807, 2.05) is 0 Å². The number of hydrogen-bond donors (Lipinski definition) is 2. The summed E-state index contributed by atoms with van der Waals surface area (Å²) in [6.07, 6.45) is 0. The normalized spacial score (nSPS) is 11.4. The molecule has 0 spiro atoms. The Morgan fingerprint density at radius 2 is 2.00 bits per heavy atom. The SMILES string of the molecule is Cc1c(N)cc(Cl)cc1S(=O)(=O)Nc1c(F)cccc1Br. The molecule has 0 fully saturated rings. The van der Waals surface area contributed by atoms with Crippen LogP contribution in [-0.2, 0) is 10.0 Å². The maximum absolute atomic E-state index is 13.7. The van der Waals surface area contributed by atoms with Crippen LogP contribution >= 0.6 is 27.5 Å². The quantitative estimate of drug-likeness (QED) is 0.776. The second kappa shape index (κ2) is 5.82. The van der Waals surface area contributed by atoms with E-state index in [1.165, 1.54) is 24.3 Å². The fraction of sp³-hybridized carbons (Fsp3) is 0.0769. The third kappa shape index (κ3) is 3.30. The number of halogens is 3. The van der Waals surface area contributed by atoms with Crippen molar-refractivity contribution in [2.45, 2.75) is 11.8 Å². The molecule has 112 valence electrons. The molecular formula is C13H11BrClFN2O2S. The lowest BCUT2D eigenvalue weighted by atomic mass is 10.2. The van der Waals surface area contributed by atoms with Gasteiger partial charge in [0.2, 0.25) is 0 Å². The van der Waals surface area contributed by atoms with Crippen LogP contribution in [0.15, 0.2) is 39.7 Å². The number of anilines is 2. The van der Waals surface area contributed by atoms with E-state index in [9.17, 15) is 12.8 Å². The number of rotatable bonds is 3. The van der Waals surface area contributed by atoms with Crippen molar-refractivity contribution in [1.82, 2.24) is 0 Å². The van der Waals surface area contributed by atoms with Crippen molar-refractivity contribution in [1.29, 1.82) is 0 Å². The highest BCUT2D eigenvalue weighted by Gasteiger charge is 2.21. The summed E-state index contributed by atoms with van der Waals surface area (Å²) in [5, 5.41) is 0.186. The summed E-state index contributed by atoms with van der Waals surface area (Å²) in [5.74, 6) is -0.694. The maximum atomic E-state index is 13.7. The molecule has 0 bridgehead atoms. The molecule has 0 atom stereocenters.